The molecular weight excluding hydrogens is 400 g/mol. The number of hydrogen-bond acceptors (Lipinski definition) is 4. The summed E-state index contributed by atoms with van der Waals surface area (Å²) in [5, 5.41) is 4.22. The first-order valence-electron chi connectivity index (χ1n) is 8.36. The van der Waals surface area contributed by atoms with Crippen molar-refractivity contribution in [2.24, 2.45) is 0 Å². The largest absolute Gasteiger partial charge is 0.354 e. The van der Waals surface area contributed by atoms with Gasteiger partial charge in [0.05, 0.1) is 10.2 Å². The van der Waals surface area contributed by atoms with Crippen molar-refractivity contribution >= 4 is 48.5 Å². The van der Waals surface area contributed by atoms with Crippen LogP contribution in [0.4, 0.5) is 5.13 Å². The maximum Gasteiger partial charge on any atom is 0.267 e. The minimum absolute atomic E-state index is 0.0350. The average molecular weight is 419 g/mol. The van der Waals surface area contributed by atoms with Crippen LogP contribution in [-0.2, 0) is 0 Å². The number of anilines is 1. The van der Waals surface area contributed by atoms with Crippen molar-refractivity contribution < 1.29 is 4.79 Å². The number of H-pyrrole nitrogens is 1. The van der Waals surface area contributed by atoms with Crippen LogP contribution in [0.25, 0.3) is 10.2 Å². The van der Waals surface area contributed by atoms with E-state index in [9.17, 15) is 4.79 Å². The van der Waals surface area contributed by atoms with Crippen LogP contribution in [0, 0.1) is 6.92 Å². The fourth-order valence-corrected chi connectivity index (χ4v) is 4.47. The van der Waals surface area contributed by atoms with Crippen LogP contribution in [0.5, 0.6) is 0 Å². The lowest BCUT2D eigenvalue weighted by atomic mass is 10.1. The molecule has 130 valence electrons. The highest BCUT2D eigenvalue weighted by Gasteiger charge is 2.23. The first-order valence-corrected chi connectivity index (χ1v) is 9.97. The van der Waals surface area contributed by atoms with E-state index in [2.05, 4.69) is 43.3 Å². The van der Waals surface area contributed by atoms with Gasteiger partial charge in [-0.3, -0.25) is 4.79 Å². The Balaban J connectivity index is 1.37. The molecular formula is C18H19BrN4OS. The zero-order chi connectivity index (χ0) is 17.4. The van der Waals surface area contributed by atoms with Gasteiger partial charge in [0.25, 0.3) is 5.91 Å². The molecule has 0 radical (unpaired) electrons. The molecule has 3 aromatic rings. The van der Waals surface area contributed by atoms with Crippen LogP contribution in [0.2, 0.25) is 0 Å². The Hall–Kier alpha value is -1.86. The molecule has 4 rings (SSSR count). The van der Waals surface area contributed by atoms with Gasteiger partial charge < -0.3 is 15.2 Å². The number of amides is 1. The van der Waals surface area contributed by atoms with Gasteiger partial charge in [0, 0.05) is 29.3 Å². The molecule has 25 heavy (non-hydrogen) atoms. The minimum Gasteiger partial charge on any atom is -0.354 e. The van der Waals surface area contributed by atoms with E-state index in [1.165, 1.54) is 4.70 Å². The topological polar surface area (TPSA) is 61.0 Å². The monoisotopic (exact) mass is 418 g/mol. The minimum atomic E-state index is -0.0350. The summed E-state index contributed by atoms with van der Waals surface area (Å²) in [7, 11) is 0. The number of para-hydroxylation sites is 1. The number of hydrogen-bond donors (Lipinski definition) is 2. The smallest absolute Gasteiger partial charge is 0.267 e. The lowest BCUT2D eigenvalue weighted by Crippen LogP contribution is -2.44. The van der Waals surface area contributed by atoms with Crippen molar-refractivity contribution in [1.82, 2.24) is 15.3 Å². The molecule has 1 amide bonds. The normalized spacial score (nSPS) is 15.7. The van der Waals surface area contributed by atoms with Crippen LogP contribution in [0.3, 0.4) is 0 Å². The quantitative estimate of drug-likeness (QED) is 0.672. The lowest BCUT2D eigenvalue weighted by molar-refractivity contribution is 0.0926. The van der Waals surface area contributed by atoms with E-state index >= 15 is 0 Å². The Kier molecular flexibility index (Phi) is 4.52. The standard InChI is InChI=1S/C18H19BrN4OS/c1-11-13(19)10-15(20-11)17(24)21-12-6-8-23(9-7-12)18-22-14-4-2-3-5-16(14)25-18/h2-5,10,12,20H,6-9H2,1H3,(H,21,24). The first kappa shape index (κ1) is 16.6. The molecule has 5 nitrogen and oxygen atoms in total. The zero-order valence-electron chi connectivity index (χ0n) is 13.9. The third-order valence-corrected chi connectivity index (χ3v) is 6.50. The van der Waals surface area contributed by atoms with E-state index in [1.54, 1.807) is 11.3 Å². The number of halogens is 1. The molecule has 0 unspecified atom stereocenters. The number of carbonyl (C=O) groups is 1. The molecule has 0 aliphatic carbocycles. The number of carbonyl (C=O) groups excluding carboxylic acids is 1. The molecule has 0 spiro atoms. The molecule has 7 heteroatoms. The SMILES string of the molecule is Cc1[nH]c(C(=O)NC2CCN(c3nc4ccccc4s3)CC2)cc1Br. The molecule has 1 aliphatic rings. The van der Waals surface area contributed by atoms with Gasteiger partial charge in [-0.25, -0.2) is 4.98 Å². The number of aryl methyl sites for hydroxylation is 1. The summed E-state index contributed by atoms with van der Waals surface area (Å²) in [4.78, 5) is 22.5. The highest BCUT2D eigenvalue weighted by Crippen LogP contribution is 2.30. The number of aromatic amines is 1. The zero-order valence-corrected chi connectivity index (χ0v) is 16.3. The number of aromatic nitrogens is 2. The Morgan fingerprint density at radius 2 is 2.12 bits per heavy atom. The summed E-state index contributed by atoms with van der Waals surface area (Å²) in [5.74, 6) is -0.0350. The van der Waals surface area contributed by atoms with Crippen LogP contribution in [0.15, 0.2) is 34.8 Å². The predicted molar refractivity (Wildman–Crippen MR) is 106 cm³/mol. The Morgan fingerprint density at radius 3 is 2.80 bits per heavy atom. The van der Waals surface area contributed by atoms with Crippen molar-refractivity contribution in [2.45, 2.75) is 25.8 Å². The lowest BCUT2D eigenvalue weighted by Gasteiger charge is -2.32. The summed E-state index contributed by atoms with van der Waals surface area (Å²) in [6.07, 6.45) is 1.87. The summed E-state index contributed by atoms with van der Waals surface area (Å²) >= 11 is 5.17. The highest BCUT2D eigenvalue weighted by molar-refractivity contribution is 9.10. The van der Waals surface area contributed by atoms with Gasteiger partial charge in [-0.2, -0.15) is 0 Å². The summed E-state index contributed by atoms with van der Waals surface area (Å²) in [6.45, 7) is 3.77. The van der Waals surface area contributed by atoms with Crippen molar-refractivity contribution in [3.8, 4) is 0 Å². The summed E-state index contributed by atoms with van der Waals surface area (Å²) < 4.78 is 2.16. The van der Waals surface area contributed by atoms with Gasteiger partial charge in [-0.15, -0.1) is 0 Å². The number of nitrogens with zero attached hydrogens (tertiary/aromatic N) is 2. The summed E-state index contributed by atoms with van der Waals surface area (Å²) in [5.41, 5.74) is 2.64. The number of piperidine rings is 1. The van der Waals surface area contributed by atoms with Gasteiger partial charge in [-0.1, -0.05) is 23.5 Å². The van der Waals surface area contributed by atoms with Crippen LogP contribution < -0.4 is 10.2 Å². The van der Waals surface area contributed by atoms with E-state index in [1.807, 2.05) is 25.1 Å². The third kappa shape index (κ3) is 3.43. The number of nitrogens with one attached hydrogen (secondary N) is 2. The molecule has 1 saturated heterocycles. The van der Waals surface area contributed by atoms with Crippen LogP contribution in [0.1, 0.15) is 29.0 Å². The van der Waals surface area contributed by atoms with Gasteiger partial charge in [0.15, 0.2) is 5.13 Å². The van der Waals surface area contributed by atoms with E-state index in [-0.39, 0.29) is 11.9 Å². The number of benzene rings is 1. The van der Waals surface area contributed by atoms with E-state index in [0.717, 1.165) is 46.7 Å². The molecule has 0 bridgehead atoms. The second-order valence-electron chi connectivity index (χ2n) is 6.35. The Labute approximate surface area is 158 Å². The second-order valence-corrected chi connectivity index (χ2v) is 8.22. The van der Waals surface area contributed by atoms with Crippen LogP contribution >= 0.6 is 27.3 Å². The van der Waals surface area contributed by atoms with Gasteiger partial charge in [-0.05, 0) is 53.9 Å². The maximum atomic E-state index is 12.4. The summed E-state index contributed by atoms with van der Waals surface area (Å²) in [6, 6.07) is 10.3. The fraction of sp³-hybridized carbons (Fsp3) is 0.333. The molecule has 2 aromatic heterocycles. The van der Waals surface area contributed by atoms with E-state index < -0.39 is 0 Å². The van der Waals surface area contributed by atoms with Crippen molar-refractivity contribution in [3.05, 3.63) is 46.2 Å². The number of fused-ring (bicyclic) bond motifs is 1. The molecule has 3 heterocycles. The molecule has 2 N–H and O–H groups in total. The molecule has 0 atom stereocenters. The van der Waals surface area contributed by atoms with E-state index in [4.69, 9.17) is 4.98 Å². The predicted octanol–water partition coefficient (Wildman–Crippen LogP) is 4.09. The van der Waals surface area contributed by atoms with Gasteiger partial charge in [0.1, 0.15) is 5.69 Å². The second kappa shape index (κ2) is 6.80. The fourth-order valence-electron chi connectivity index (χ4n) is 3.13. The van der Waals surface area contributed by atoms with Crippen molar-refractivity contribution in [3.63, 3.8) is 0 Å². The Bertz CT molecular complexity index is 858. The number of thiazole rings is 1. The molecule has 1 aliphatic heterocycles. The maximum absolute atomic E-state index is 12.4. The first-order chi connectivity index (χ1) is 12.1. The Morgan fingerprint density at radius 1 is 1.36 bits per heavy atom. The molecule has 1 fully saturated rings. The third-order valence-electron chi connectivity index (χ3n) is 4.58. The van der Waals surface area contributed by atoms with Gasteiger partial charge in [0.2, 0.25) is 0 Å². The van der Waals surface area contributed by atoms with Gasteiger partial charge >= 0.3 is 0 Å². The molecule has 0 saturated carbocycles. The molecule has 1 aromatic carbocycles. The van der Waals surface area contributed by atoms with Crippen LogP contribution in [-0.4, -0.2) is 35.0 Å². The van der Waals surface area contributed by atoms with E-state index in [0.29, 0.717) is 5.69 Å². The van der Waals surface area contributed by atoms with Crippen molar-refractivity contribution in [2.75, 3.05) is 18.0 Å². The van der Waals surface area contributed by atoms with Crippen molar-refractivity contribution in [1.29, 1.82) is 0 Å². The highest BCUT2D eigenvalue weighted by atomic mass is 79.9. The average Bonchev–Trinajstić information content (AvgIpc) is 3.19. The number of rotatable bonds is 3.